The number of hydrogen-bond acceptors (Lipinski definition) is 26. The predicted octanol–water partition coefficient (Wildman–Crippen LogP) is -3.34. The van der Waals surface area contributed by atoms with Crippen molar-refractivity contribution in [1.29, 1.82) is 0 Å². The van der Waals surface area contributed by atoms with Crippen molar-refractivity contribution in [2.75, 3.05) is 37.7 Å². The summed E-state index contributed by atoms with van der Waals surface area (Å²) in [5.74, 6) is -4.10. The van der Waals surface area contributed by atoms with Gasteiger partial charge in [0, 0.05) is 52.3 Å². The lowest BCUT2D eigenvalue weighted by molar-refractivity contribution is -0.930. The van der Waals surface area contributed by atoms with Gasteiger partial charge >= 0.3 is 0 Å². The maximum Gasteiger partial charge on any atom is 0.284 e. The number of hydrogen-bond donors (Lipinski definition) is 17. The Hall–Kier alpha value is -4.71. The number of thioether (sulfide) groups is 2. The van der Waals surface area contributed by atoms with Crippen LogP contribution < -0.4 is 42.5 Å². The molecular formula is C62H107N10O24S2+. The predicted molar refractivity (Wildman–Crippen MR) is 348 cm³/mol. The van der Waals surface area contributed by atoms with Crippen molar-refractivity contribution in [1.82, 2.24) is 47.4 Å². The van der Waals surface area contributed by atoms with Gasteiger partial charge in [-0.15, -0.1) is 0 Å². The SMILES string of the molecule is CCCCCC(NC(=O)CCC(NC(=O)CCC(NC(=O)CCCCC[N+]12CCSC13SCCN3C(=O)C2)C(=O)NC(CCCCC)OC1O[C@H](O)C(O)C(O)C1NC(C)=O)C(=O)NC(CCCCC)OC1O[C@H](O)C(O)C(O)C1NC(C)=O)OC1O[C@H](O)C(O)C(O)C1NC(C)=O. The van der Waals surface area contributed by atoms with Crippen LogP contribution in [0.3, 0.4) is 0 Å². The summed E-state index contributed by atoms with van der Waals surface area (Å²) in [6, 6.07) is -7.45. The van der Waals surface area contributed by atoms with Gasteiger partial charge in [-0.05, 0) is 70.6 Å². The maximum absolute atomic E-state index is 14.8. The first kappa shape index (κ1) is 82.2. The summed E-state index contributed by atoms with van der Waals surface area (Å²) in [7, 11) is 0. The van der Waals surface area contributed by atoms with Crippen LogP contribution in [0.4, 0.5) is 0 Å². The van der Waals surface area contributed by atoms with Crippen LogP contribution in [0.15, 0.2) is 0 Å². The lowest BCUT2D eigenvalue weighted by atomic mass is 10.0. The highest BCUT2D eigenvalue weighted by Gasteiger charge is 2.69. The molecule has 98 heavy (non-hydrogen) atoms. The Bertz CT molecular complexity index is 2630. The molecule has 6 aliphatic rings. The van der Waals surface area contributed by atoms with E-state index >= 15 is 0 Å². The number of carbonyl (C=O) groups excluding carboxylic acids is 9. The molecule has 6 fully saturated rings. The molecule has 0 aromatic carbocycles. The van der Waals surface area contributed by atoms with Gasteiger partial charge in [0.25, 0.3) is 10.2 Å². The Balaban J connectivity index is 1.25. The number of aliphatic hydroxyl groups excluding tert-OH is 9. The number of carbonyl (C=O) groups is 9. The van der Waals surface area contributed by atoms with Gasteiger partial charge in [-0.2, -0.15) is 0 Å². The van der Waals surface area contributed by atoms with Crippen LogP contribution in [0.2, 0.25) is 0 Å². The molecule has 19 unspecified atom stereocenters. The van der Waals surface area contributed by atoms with Gasteiger partial charge < -0.3 is 117 Å². The lowest BCUT2D eigenvalue weighted by Crippen LogP contribution is -2.65. The number of nitrogens with zero attached hydrogens (tertiary/aromatic N) is 2. The molecule has 22 atom stereocenters. The van der Waals surface area contributed by atoms with Crippen molar-refractivity contribution in [3.63, 3.8) is 0 Å². The second kappa shape index (κ2) is 39.6. The maximum atomic E-state index is 14.8. The average Bonchev–Trinajstić information content (AvgIpc) is 1.54. The van der Waals surface area contributed by atoms with Crippen molar-refractivity contribution in [2.24, 2.45) is 0 Å². The zero-order valence-corrected chi connectivity index (χ0v) is 58.4. The molecule has 6 heterocycles. The standard InChI is InChI=1S/C62H106N10O24S2/c1-7-10-14-20-41(91-59-45(63-33(4)73)48(80)51(83)56(88)94-59)68-40(78)26-24-37(55(87)70-43(22-16-12-9-3)93-61-47(65-35(6)75)50(82)53(85)58(90)96-61)67-39(77)25-23-36(66-38(76)19-17-13-18-28-72-29-31-98-62(72)71(27-30-97-62)44(79)32-72)54(86)69-42(21-15-11-8-2)92-60-46(64-34(5)74)49(81)52(84)57(89)95-60/h36-37,41-43,45-53,56-61,80-85,88-90H,7-32H2,1-6H3,(H7-,63,64,65,66,67,68,69,70,73,74,75,76,77,78,86,87)/p+1/t36?,37?,41?,42?,43?,45?,46?,47?,48?,49?,50?,51?,52?,53?,56-,57-,58-,59?,60?,61?,62?,72?/m0/s1. The van der Waals surface area contributed by atoms with Crippen molar-refractivity contribution in [2.45, 2.75) is 298 Å². The highest BCUT2D eigenvalue weighted by molar-refractivity contribution is 8.18. The van der Waals surface area contributed by atoms with Crippen molar-refractivity contribution >= 4 is 76.7 Å². The minimum Gasteiger partial charge on any atom is -0.388 e. The molecule has 6 saturated heterocycles. The summed E-state index contributed by atoms with van der Waals surface area (Å²) < 4.78 is 35.1. The van der Waals surface area contributed by atoms with E-state index in [9.17, 15) is 89.1 Å². The summed E-state index contributed by atoms with van der Waals surface area (Å²) in [6.07, 6.45) is -20.4. The number of rotatable bonds is 40. The number of ether oxygens (including phenoxy) is 6. The summed E-state index contributed by atoms with van der Waals surface area (Å²) in [6.45, 7) is 11.8. The van der Waals surface area contributed by atoms with E-state index in [0.29, 0.717) is 81.8 Å². The van der Waals surface area contributed by atoms with Gasteiger partial charge in [-0.3, -0.25) is 52.5 Å². The number of aliphatic hydroxyl groups is 9. The third kappa shape index (κ3) is 22.9. The van der Waals surface area contributed by atoms with Crippen molar-refractivity contribution in [3.05, 3.63) is 0 Å². The molecular weight excluding hydrogens is 1330 g/mol. The van der Waals surface area contributed by atoms with E-state index < -0.39 is 196 Å². The van der Waals surface area contributed by atoms with Crippen molar-refractivity contribution in [3.8, 4) is 0 Å². The fourth-order valence-corrected chi connectivity index (χ4v) is 16.7. The monoisotopic (exact) mass is 1440 g/mol. The molecule has 560 valence electrons. The topological polar surface area (TPSA) is 491 Å². The molecule has 0 bridgehead atoms. The van der Waals surface area contributed by atoms with E-state index in [1.54, 1.807) is 23.5 Å². The minimum absolute atomic E-state index is 0.0460. The van der Waals surface area contributed by atoms with Gasteiger partial charge in [0.05, 0.1) is 18.8 Å². The Kier molecular flexibility index (Phi) is 33.3. The highest BCUT2D eigenvalue weighted by atomic mass is 32.2. The molecule has 0 aromatic rings. The first-order chi connectivity index (χ1) is 46.6. The molecule has 17 N–H and O–H groups in total. The van der Waals surface area contributed by atoms with Crippen LogP contribution in [0.5, 0.6) is 0 Å². The van der Waals surface area contributed by atoms with Gasteiger partial charge in [0.1, 0.15) is 85.5 Å². The zero-order valence-electron chi connectivity index (χ0n) is 56.8. The fourth-order valence-electron chi connectivity index (χ4n) is 12.8. The molecule has 36 heteroatoms. The zero-order chi connectivity index (χ0) is 72.0. The summed E-state index contributed by atoms with van der Waals surface area (Å²) in [5, 5.41) is 116. The second-order valence-electron chi connectivity index (χ2n) is 25.9. The van der Waals surface area contributed by atoms with Crippen LogP contribution in [-0.2, 0) is 71.6 Å². The van der Waals surface area contributed by atoms with Gasteiger partial charge in [0.15, 0.2) is 44.3 Å². The Morgan fingerprint density at radius 3 is 1.27 bits per heavy atom. The van der Waals surface area contributed by atoms with E-state index in [1.807, 2.05) is 25.7 Å². The van der Waals surface area contributed by atoms with E-state index in [2.05, 4.69) is 42.5 Å². The molecule has 6 rings (SSSR count). The fraction of sp³-hybridized carbons (Fsp3) is 0.855. The van der Waals surface area contributed by atoms with Gasteiger partial charge in [-0.1, -0.05) is 82.8 Å². The molecule has 0 aromatic heterocycles. The second-order valence-corrected chi connectivity index (χ2v) is 28.7. The lowest BCUT2D eigenvalue weighted by Gasteiger charge is -2.42. The molecule has 6 aliphatic heterocycles. The minimum atomic E-state index is -2.01. The first-order valence-electron chi connectivity index (χ1n) is 34.4. The molecule has 0 saturated carbocycles. The number of nitrogens with one attached hydrogen (secondary N) is 8. The number of unbranched alkanes of at least 4 members (excludes halogenated alkanes) is 8. The number of amides is 9. The largest absolute Gasteiger partial charge is 0.388 e. The normalized spacial score (nSPS) is 32.1. The van der Waals surface area contributed by atoms with Crippen LogP contribution in [0.25, 0.3) is 0 Å². The average molecular weight is 1440 g/mol. The van der Waals surface area contributed by atoms with Crippen molar-refractivity contribution < 1.29 is 122 Å². The third-order valence-electron chi connectivity index (χ3n) is 18.1. The molecule has 34 nitrogen and oxygen atoms in total. The Morgan fingerprint density at radius 2 is 0.867 bits per heavy atom. The van der Waals surface area contributed by atoms with Crippen LogP contribution in [0.1, 0.15) is 170 Å². The van der Waals surface area contributed by atoms with Crippen LogP contribution >= 0.6 is 23.5 Å². The Morgan fingerprint density at radius 1 is 0.490 bits per heavy atom. The van der Waals surface area contributed by atoms with E-state index in [-0.39, 0.29) is 35.9 Å². The molecule has 9 amide bonds. The van der Waals surface area contributed by atoms with E-state index in [4.69, 9.17) is 28.4 Å². The highest BCUT2D eigenvalue weighted by Crippen LogP contribution is 2.59. The van der Waals surface area contributed by atoms with Crippen LogP contribution in [-0.4, -0.2) is 274 Å². The summed E-state index contributed by atoms with van der Waals surface area (Å²) in [4.78, 5) is 124. The quantitative estimate of drug-likeness (QED) is 0.0162. The van der Waals surface area contributed by atoms with E-state index in [1.165, 1.54) is 0 Å². The molecule has 1 spiro atoms. The van der Waals surface area contributed by atoms with Gasteiger partial charge in [-0.25, -0.2) is 0 Å². The summed E-state index contributed by atoms with van der Waals surface area (Å²) >= 11 is 3.61. The molecule has 0 radical (unpaired) electrons. The van der Waals surface area contributed by atoms with E-state index in [0.717, 1.165) is 58.2 Å². The summed E-state index contributed by atoms with van der Waals surface area (Å²) in [5.41, 5.74) is 0. The first-order valence-corrected chi connectivity index (χ1v) is 36.3. The smallest absolute Gasteiger partial charge is 0.284 e. The number of quaternary nitrogens is 1. The van der Waals surface area contributed by atoms with Crippen LogP contribution in [0, 0.1) is 0 Å². The van der Waals surface area contributed by atoms with Gasteiger partial charge in [0.2, 0.25) is 47.3 Å². The third-order valence-corrected chi connectivity index (χ3v) is 21.5. The Labute approximate surface area is 579 Å². The molecule has 0 aliphatic carbocycles.